The summed E-state index contributed by atoms with van der Waals surface area (Å²) in [6.45, 7) is 0. The van der Waals surface area contributed by atoms with Crippen LogP contribution in [0.4, 0.5) is 17.1 Å². The largest absolute Gasteiger partial charge is 0.456 e. The molecule has 0 fully saturated rings. The normalized spacial score (nSPS) is 11.8. The number of fused-ring (bicyclic) bond motifs is 8. The Morgan fingerprint density at radius 1 is 0.321 bits per heavy atom. The van der Waals surface area contributed by atoms with Crippen LogP contribution < -0.4 is 4.90 Å². The minimum absolute atomic E-state index is 0.859. The van der Waals surface area contributed by atoms with E-state index in [2.05, 4.69) is 169 Å². The Morgan fingerprint density at radius 3 is 1.74 bits per heavy atom. The highest BCUT2D eigenvalue weighted by Gasteiger charge is 2.22. The smallest absolute Gasteiger partial charge is 0.159 e. The van der Waals surface area contributed by atoms with E-state index in [4.69, 9.17) is 8.83 Å². The number of nitrogens with zero attached hydrogens (tertiary/aromatic N) is 1. The highest BCUT2D eigenvalue weighted by Crippen LogP contribution is 2.46. The lowest BCUT2D eigenvalue weighted by Gasteiger charge is -2.28. The molecular weight excluding hydrogens is 647 g/mol. The molecule has 0 amide bonds. The molecule has 0 saturated heterocycles. The third-order valence-electron chi connectivity index (χ3n) is 10.7. The standard InChI is InChI=1S/C50H31NO2/c1-2-13-36-32(11-1)12-9-18-37(36)33-23-26-35(27-24-33)51(46-20-10-19-43-41-16-5-8-22-48(41)53-50(43)46)45-29-28-38(39-14-3-4-15-40(39)45)34-25-30-49-44(31-34)42-17-6-7-21-47(42)52-49/h1-31H. The van der Waals surface area contributed by atoms with Gasteiger partial charge in [0.15, 0.2) is 5.58 Å². The van der Waals surface area contributed by atoms with Gasteiger partial charge < -0.3 is 13.7 Å². The first-order valence-corrected chi connectivity index (χ1v) is 18.0. The van der Waals surface area contributed by atoms with E-state index in [-0.39, 0.29) is 0 Å². The minimum atomic E-state index is 0.859. The van der Waals surface area contributed by atoms with Crippen LogP contribution in [0.25, 0.3) is 87.7 Å². The summed E-state index contributed by atoms with van der Waals surface area (Å²) in [5, 5.41) is 9.25. The molecule has 2 heterocycles. The third kappa shape index (κ3) is 4.68. The lowest BCUT2D eigenvalue weighted by molar-refractivity contribution is 0.668. The van der Waals surface area contributed by atoms with Crippen LogP contribution in [0.15, 0.2) is 197 Å². The predicted molar refractivity (Wildman–Crippen MR) is 222 cm³/mol. The van der Waals surface area contributed by atoms with E-state index in [1.165, 1.54) is 32.8 Å². The van der Waals surface area contributed by atoms with E-state index < -0.39 is 0 Å². The first-order chi connectivity index (χ1) is 26.3. The van der Waals surface area contributed by atoms with Crippen molar-refractivity contribution < 1.29 is 8.83 Å². The number of anilines is 3. The maximum atomic E-state index is 6.67. The highest BCUT2D eigenvalue weighted by atomic mass is 16.3. The Hall–Kier alpha value is -7.10. The molecule has 248 valence electrons. The molecule has 11 aromatic rings. The van der Waals surface area contributed by atoms with E-state index in [0.29, 0.717) is 0 Å². The van der Waals surface area contributed by atoms with E-state index in [1.807, 2.05) is 24.3 Å². The average molecular weight is 678 g/mol. The SMILES string of the molecule is c1ccc2c(-c3ccc(N(c4ccc(-c5ccc6oc7ccccc7c6c5)c5ccccc45)c4cccc5c4oc4ccccc45)cc3)cccc2c1. The summed E-state index contributed by atoms with van der Waals surface area (Å²) in [6.07, 6.45) is 0. The lowest BCUT2D eigenvalue weighted by Crippen LogP contribution is -2.11. The van der Waals surface area contributed by atoms with Gasteiger partial charge in [-0.1, -0.05) is 140 Å². The monoisotopic (exact) mass is 677 g/mol. The van der Waals surface area contributed by atoms with Crippen LogP contribution in [0, 0.1) is 0 Å². The van der Waals surface area contributed by atoms with Crippen molar-refractivity contribution in [2.75, 3.05) is 4.90 Å². The summed E-state index contributed by atoms with van der Waals surface area (Å²) in [4.78, 5) is 2.36. The maximum absolute atomic E-state index is 6.67. The Bertz CT molecular complexity index is 3180. The van der Waals surface area contributed by atoms with Gasteiger partial charge in [-0.25, -0.2) is 0 Å². The van der Waals surface area contributed by atoms with Crippen LogP contribution in [0.5, 0.6) is 0 Å². The summed E-state index contributed by atoms with van der Waals surface area (Å²) < 4.78 is 12.9. The van der Waals surface area contributed by atoms with Crippen LogP contribution in [-0.2, 0) is 0 Å². The van der Waals surface area contributed by atoms with Gasteiger partial charge in [0.05, 0.1) is 11.4 Å². The molecule has 3 heteroatoms. The fourth-order valence-corrected chi connectivity index (χ4v) is 8.21. The molecule has 0 spiro atoms. The molecule has 0 N–H and O–H groups in total. The van der Waals surface area contributed by atoms with Gasteiger partial charge in [-0.15, -0.1) is 0 Å². The molecule has 0 bridgehead atoms. The zero-order valence-corrected chi connectivity index (χ0v) is 28.7. The molecule has 0 aliphatic heterocycles. The summed E-state index contributed by atoms with van der Waals surface area (Å²) in [6, 6.07) is 66.8. The Morgan fingerprint density at radius 2 is 0.906 bits per heavy atom. The zero-order valence-electron chi connectivity index (χ0n) is 28.7. The zero-order chi connectivity index (χ0) is 34.9. The molecule has 53 heavy (non-hydrogen) atoms. The Kier molecular flexibility index (Phi) is 6.55. The number of para-hydroxylation sites is 3. The van der Waals surface area contributed by atoms with Crippen molar-refractivity contribution in [2.45, 2.75) is 0 Å². The van der Waals surface area contributed by atoms with Crippen molar-refractivity contribution in [3.63, 3.8) is 0 Å². The molecular formula is C50H31NO2. The van der Waals surface area contributed by atoms with Gasteiger partial charge in [-0.2, -0.15) is 0 Å². The molecule has 0 atom stereocenters. The second-order valence-electron chi connectivity index (χ2n) is 13.6. The first kappa shape index (κ1) is 29.6. The summed E-state index contributed by atoms with van der Waals surface area (Å²) in [5.74, 6) is 0. The second kappa shape index (κ2) is 11.7. The summed E-state index contributed by atoms with van der Waals surface area (Å²) >= 11 is 0. The van der Waals surface area contributed by atoms with Crippen LogP contribution >= 0.6 is 0 Å². The van der Waals surface area contributed by atoms with Crippen molar-refractivity contribution in [1.82, 2.24) is 0 Å². The summed E-state index contributed by atoms with van der Waals surface area (Å²) in [5.41, 5.74) is 11.4. The first-order valence-electron chi connectivity index (χ1n) is 18.0. The fraction of sp³-hybridized carbons (Fsp3) is 0. The third-order valence-corrected chi connectivity index (χ3v) is 10.7. The Labute approximate surface area is 305 Å². The van der Waals surface area contributed by atoms with Gasteiger partial charge in [-0.05, 0) is 86.9 Å². The molecule has 2 aromatic heterocycles. The van der Waals surface area contributed by atoms with E-state index >= 15 is 0 Å². The minimum Gasteiger partial charge on any atom is -0.456 e. The van der Waals surface area contributed by atoms with E-state index in [9.17, 15) is 0 Å². The Balaban J connectivity index is 1.13. The van der Waals surface area contributed by atoms with Crippen LogP contribution in [0.2, 0.25) is 0 Å². The number of hydrogen-bond donors (Lipinski definition) is 0. The van der Waals surface area contributed by atoms with Crippen molar-refractivity contribution in [3.8, 4) is 22.3 Å². The van der Waals surface area contributed by atoms with Crippen molar-refractivity contribution in [1.29, 1.82) is 0 Å². The molecule has 0 unspecified atom stereocenters. The molecule has 0 aliphatic rings. The molecule has 9 aromatic carbocycles. The maximum Gasteiger partial charge on any atom is 0.159 e. The van der Waals surface area contributed by atoms with Gasteiger partial charge >= 0.3 is 0 Å². The van der Waals surface area contributed by atoms with Gasteiger partial charge in [0.1, 0.15) is 16.7 Å². The number of furan rings is 2. The van der Waals surface area contributed by atoms with Crippen molar-refractivity contribution >= 4 is 82.5 Å². The quantitative estimate of drug-likeness (QED) is 0.182. The van der Waals surface area contributed by atoms with Crippen LogP contribution in [0.1, 0.15) is 0 Å². The highest BCUT2D eigenvalue weighted by molar-refractivity contribution is 6.14. The fourth-order valence-electron chi connectivity index (χ4n) is 8.21. The van der Waals surface area contributed by atoms with Crippen molar-refractivity contribution in [2.24, 2.45) is 0 Å². The molecule has 0 saturated carbocycles. The van der Waals surface area contributed by atoms with Crippen molar-refractivity contribution in [3.05, 3.63) is 188 Å². The van der Waals surface area contributed by atoms with Gasteiger partial charge in [0, 0.05) is 32.6 Å². The lowest BCUT2D eigenvalue weighted by atomic mass is 9.95. The number of hydrogen-bond acceptors (Lipinski definition) is 3. The number of rotatable bonds is 5. The molecule has 0 radical (unpaired) electrons. The van der Waals surface area contributed by atoms with Crippen LogP contribution in [-0.4, -0.2) is 0 Å². The topological polar surface area (TPSA) is 29.5 Å². The molecule has 0 aliphatic carbocycles. The van der Waals surface area contributed by atoms with Gasteiger partial charge in [0.25, 0.3) is 0 Å². The second-order valence-corrected chi connectivity index (χ2v) is 13.6. The van der Waals surface area contributed by atoms with Gasteiger partial charge in [-0.3, -0.25) is 0 Å². The number of benzene rings is 9. The van der Waals surface area contributed by atoms with E-state index in [0.717, 1.165) is 71.9 Å². The summed E-state index contributed by atoms with van der Waals surface area (Å²) in [7, 11) is 0. The predicted octanol–water partition coefficient (Wildman–Crippen LogP) is 14.6. The van der Waals surface area contributed by atoms with E-state index in [1.54, 1.807) is 0 Å². The molecule has 11 rings (SSSR count). The van der Waals surface area contributed by atoms with Crippen LogP contribution in [0.3, 0.4) is 0 Å². The average Bonchev–Trinajstić information content (AvgIpc) is 3.80. The molecule has 3 nitrogen and oxygen atoms in total. The van der Waals surface area contributed by atoms with Gasteiger partial charge in [0.2, 0.25) is 0 Å².